The van der Waals surface area contributed by atoms with Crippen LogP contribution in [0.25, 0.3) is 0 Å². The van der Waals surface area contributed by atoms with Crippen molar-refractivity contribution in [2.45, 2.75) is 26.4 Å². The van der Waals surface area contributed by atoms with Crippen molar-refractivity contribution in [1.29, 1.82) is 0 Å². The van der Waals surface area contributed by atoms with E-state index in [1.165, 1.54) is 11.3 Å². The standard InChI is InChI=1S/C15H21N3O/c1-4-16-15(11-18-12(2)8-9-17-18)13-6-5-7-14(10-13)19-3/h5-10,15-16H,4,11H2,1-3H3. The highest BCUT2D eigenvalue weighted by Gasteiger charge is 2.13. The van der Waals surface area contributed by atoms with Gasteiger partial charge in [0.15, 0.2) is 0 Å². The molecule has 2 rings (SSSR count). The van der Waals surface area contributed by atoms with Gasteiger partial charge in [-0.15, -0.1) is 0 Å². The number of ether oxygens (including phenoxy) is 1. The molecule has 1 N–H and O–H groups in total. The van der Waals surface area contributed by atoms with Crippen LogP contribution in [0.4, 0.5) is 0 Å². The molecule has 1 unspecified atom stereocenters. The monoisotopic (exact) mass is 259 g/mol. The van der Waals surface area contributed by atoms with E-state index in [9.17, 15) is 0 Å². The number of nitrogens with zero attached hydrogens (tertiary/aromatic N) is 2. The van der Waals surface area contributed by atoms with Gasteiger partial charge < -0.3 is 10.1 Å². The molecule has 0 spiro atoms. The molecule has 0 aliphatic heterocycles. The van der Waals surface area contributed by atoms with Gasteiger partial charge in [0, 0.05) is 11.9 Å². The van der Waals surface area contributed by atoms with Gasteiger partial charge in [-0.3, -0.25) is 4.68 Å². The van der Waals surface area contributed by atoms with Gasteiger partial charge in [-0.2, -0.15) is 5.10 Å². The van der Waals surface area contributed by atoms with Crippen LogP contribution in [0.15, 0.2) is 36.5 Å². The van der Waals surface area contributed by atoms with Crippen LogP contribution in [0.3, 0.4) is 0 Å². The van der Waals surface area contributed by atoms with Crippen molar-refractivity contribution in [3.63, 3.8) is 0 Å². The Morgan fingerprint density at radius 1 is 1.37 bits per heavy atom. The summed E-state index contributed by atoms with van der Waals surface area (Å²) in [6.45, 7) is 5.92. The number of likely N-dealkylation sites (N-methyl/N-ethyl adjacent to an activating group) is 1. The topological polar surface area (TPSA) is 39.1 Å². The minimum Gasteiger partial charge on any atom is -0.497 e. The molecule has 1 atom stereocenters. The minimum atomic E-state index is 0.235. The van der Waals surface area contributed by atoms with Gasteiger partial charge in [-0.25, -0.2) is 0 Å². The largest absolute Gasteiger partial charge is 0.497 e. The third kappa shape index (κ3) is 3.35. The zero-order valence-corrected chi connectivity index (χ0v) is 11.8. The molecule has 0 amide bonds. The highest BCUT2D eigenvalue weighted by molar-refractivity contribution is 5.30. The van der Waals surface area contributed by atoms with Crippen molar-refractivity contribution in [1.82, 2.24) is 15.1 Å². The molecule has 2 aromatic rings. The quantitative estimate of drug-likeness (QED) is 0.866. The number of hydrogen-bond acceptors (Lipinski definition) is 3. The van der Waals surface area contributed by atoms with E-state index in [4.69, 9.17) is 4.74 Å². The van der Waals surface area contributed by atoms with Crippen LogP contribution >= 0.6 is 0 Å². The Kier molecular flexibility index (Phi) is 4.58. The Hall–Kier alpha value is -1.81. The molecular weight excluding hydrogens is 238 g/mol. The molecule has 19 heavy (non-hydrogen) atoms. The molecule has 0 aliphatic rings. The van der Waals surface area contributed by atoms with Gasteiger partial charge in [-0.05, 0) is 37.2 Å². The first-order chi connectivity index (χ1) is 9.24. The summed E-state index contributed by atoms with van der Waals surface area (Å²) in [4.78, 5) is 0. The summed E-state index contributed by atoms with van der Waals surface area (Å²) < 4.78 is 7.31. The van der Waals surface area contributed by atoms with Crippen LogP contribution in [0.5, 0.6) is 5.75 Å². The van der Waals surface area contributed by atoms with E-state index in [0.717, 1.165) is 18.8 Å². The molecule has 1 heterocycles. The normalized spacial score (nSPS) is 12.4. The van der Waals surface area contributed by atoms with Gasteiger partial charge in [0.05, 0.1) is 19.7 Å². The van der Waals surface area contributed by atoms with Crippen molar-refractivity contribution in [2.75, 3.05) is 13.7 Å². The molecule has 1 aromatic heterocycles. The summed E-state index contributed by atoms with van der Waals surface area (Å²) in [6.07, 6.45) is 1.84. The Bertz CT molecular complexity index is 522. The molecule has 1 aromatic carbocycles. The first-order valence-corrected chi connectivity index (χ1v) is 6.60. The molecular formula is C15H21N3O. The minimum absolute atomic E-state index is 0.235. The third-order valence-corrected chi connectivity index (χ3v) is 3.23. The van der Waals surface area contributed by atoms with Crippen LogP contribution in [0, 0.1) is 6.92 Å². The second-order valence-electron chi connectivity index (χ2n) is 4.54. The van der Waals surface area contributed by atoms with E-state index in [1.54, 1.807) is 7.11 Å². The number of benzene rings is 1. The van der Waals surface area contributed by atoms with Crippen LogP contribution in [-0.2, 0) is 6.54 Å². The number of aryl methyl sites for hydroxylation is 1. The van der Waals surface area contributed by atoms with E-state index in [2.05, 4.69) is 36.4 Å². The summed E-state index contributed by atoms with van der Waals surface area (Å²) in [5.41, 5.74) is 2.39. The van der Waals surface area contributed by atoms with Gasteiger partial charge in [0.2, 0.25) is 0 Å². The lowest BCUT2D eigenvalue weighted by Crippen LogP contribution is -2.26. The van der Waals surface area contributed by atoms with Crippen molar-refractivity contribution in [3.05, 3.63) is 47.8 Å². The molecule has 0 fully saturated rings. The second kappa shape index (κ2) is 6.38. The van der Waals surface area contributed by atoms with Crippen molar-refractivity contribution >= 4 is 0 Å². The van der Waals surface area contributed by atoms with Crippen LogP contribution in [-0.4, -0.2) is 23.4 Å². The maximum atomic E-state index is 5.29. The van der Waals surface area contributed by atoms with Crippen LogP contribution in [0.2, 0.25) is 0 Å². The average molecular weight is 259 g/mol. The Balaban J connectivity index is 2.21. The lowest BCUT2D eigenvalue weighted by atomic mass is 10.1. The summed E-state index contributed by atoms with van der Waals surface area (Å²) in [6, 6.07) is 10.4. The maximum Gasteiger partial charge on any atom is 0.119 e. The number of hydrogen-bond donors (Lipinski definition) is 1. The number of aromatic nitrogens is 2. The number of nitrogens with one attached hydrogen (secondary N) is 1. The maximum absolute atomic E-state index is 5.29. The van der Waals surface area contributed by atoms with Crippen molar-refractivity contribution in [2.24, 2.45) is 0 Å². The van der Waals surface area contributed by atoms with Crippen molar-refractivity contribution < 1.29 is 4.74 Å². The predicted octanol–water partition coefficient (Wildman–Crippen LogP) is 2.55. The first kappa shape index (κ1) is 13.6. The fourth-order valence-electron chi connectivity index (χ4n) is 2.16. The highest BCUT2D eigenvalue weighted by Crippen LogP contribution is 2.20. The molecule has 0 saturated carbocycles. The SMILES string of the molecule is CCNC(Cn1nccc1C)c1cccc(OC)c1. The summed E-state index contributed by atoms with van der Waals surface area (Å²) in [5, 5.41) is 7.85. The Morgan fingerprint density at radius 3 is 2.84 bits per heavy atom. The second-order valence-corrected chi connectivity index (χ2v) is 4.54. The molecule has 4 nitrogen and oxygen atoms in total. The van der Waals surface area contributed by atoms with Crippen LogP contribution < -0.4 is 10.1 Å². The van der Waals surface area contributed by atoms with Gasteiger partial charge >= 0.3 is 0 Å². The van der Waals surface area contributed by atoms with E-state index in [-0.39, 0.29) is 6.04 Å². The Labute approximate surface area is 114 Å². The van der Waals surface area contributed by atoms with Gasteiger partial charge in [0.25, 0.3) is 0 Å². The van der Waals surface area contributed by atoms with Crippen LogP contribution in [0.1, 0.15) is 24.2 Å². The molecule has 102 valence electrons. The Morgan fingerprint density at radius 2 is 2.21 bits per heavy atom. The zero-order valence-electron chi connectivity index (χ0n) is 11.8. The van der Waals surface area contributed by atoms with Gasteiger partial charge in [0.1, 0.15) is 5.75 Å². The number of rotatable bonds is 6. The predicted molar refractivity (Wildman–Crippen MR) is 76.4 cm³/mol. The van der Waals surface area contributed by atoms with Gasteiger partial charge in [-0.1, -0.05) is 19.1 Å². The van der Waals surface area contributed by atoms with Crippen molar-refractivity contribution in [3.8, 4) is 5.75 Å². The smallest absolute Gasteiger partial charge is 0.119 e. The molecule has 4 heteroatoms. The van der Waals surface area contributed by atoms with E-state index in [0.29, 0.717) is 0 Å². The average Bonchev–Trinajstić information content (AvgIpc) is 2.84. The third-order valence-electron chi connectivity index (χ3n) is 3.23. The van der Waals surface area contributed by atoms with E-state index < -0.39 is 0 Å². The molecule has 0 bridgehead atoms. The van der Waals surface area contributed by atoms with E-state index >= 15 is 0 Å². The zero-order chi connectivity index (χ0) is 13.7. The summed E-state index contributed by atoms with van der Waals surface area (Å²) in [5.74, 6) is 0.887. The molecule has 0 aliphatic carbocycles. The highest BCUT2D eigenvalue weighted by atomic mass is 16.5. The molecule has 0 radical (unpaired) electrons. The van der Waals surface area contributed by atoms with E-state index in [1.807, 2.05) is 29.1 Å². The molecule has 0 saturated heterocycles. The first-order valence-electron chi connectivity index (χ1n) is 6.60. The fourth-order valence-corrected chi connectivity index (χ4v) is 2.16. The fraction of sp³-hybridized carbons (Fsp3) is 0.400. The summed E-state index contributed by atoms with van der Waals surface area (Å²) >= 11 is 0. The lowest BCUT2D eigenvalue weighted by Gasteiger charge is -2.19. The number of methoxy groups -OCH3 is 1. The summed E-state index contributed by atoms with van der Waals surface area (Å²) in [7, 11) is 1.69. The lowest BCUT2D eigenvalue weighted by molar-refractivity contribution is 0.409.